The standard InChI is InChI=1S/C15H24N6OS.C2H5NO/c1-10-6-5-9-12(13(10)22)21(17)15-14(18-23-19-15)20(16)11-7-3-2-4-8-11;1-3-2-4/h9,11,22H,2-8,16-17H2,1H3;2H,1H3,(H,3,4). The van der Waals surface area contributed by atoms with Crippen molar-refractivity contribution in [1.82, 2.24) is 14.1 Å². The summed E-state index contributed by atoms with van der Waals surface area (Å²) in [7, 11) is 1.56. The summed E-state index contributed by atoms with van der Waals surface area (Å²) in [6.45, 7) is 1.91. The minimum absolute atomic E-state index is 0.221. The van der Waals surface area contributed by atoms with E-state index in [2.05, 4.69) is 14.1 Å². The van der Waals surface area contributed by atoms with Crippen LogP contribution in [0.2, 0.25) is 0 Å². The van der Waals surface area contributed by atoms with Crippen LogP contribution < -0.4 is 27.0 Å². The number of hydrogen-bond donors (Lipinski definition) is 4. The lowest BCUT2D eigenvalue weighted by atomic mass is 9.95. The van der Waals surface area contributed by atoms with Crippen molar-refractivity contribution in [3.8, 4) is 0 Å². The Labute approximate surface area is 164 Å². The van der Waals surface area contributed by atoms with E-state index in [0.29, 0.717) is 23.7 Å². The monoisotopic (exact) mass is 395 g/mol. The number of hydrazine groups is 2. The van der Waals surface area contributed by atoms with Gasteiger partial charge in [0.2, 0.25) is 18.0 Å². The Balaban J connectivity index is 0.000000596. The molecule has 0 atom stereocenters. The Kier molecular flexibility index (Phi) is 8.01. The summed E-state index contributed by atoms with van der Waals surface area (Å²) >= 11 is 1.08. The van der Waals surface area contributed by atoms with Crippen LogP contribution >= 0.6 is 11.7 Å². The average molecular weight is 396 g/mol. The number of rotatable bonds is 5. The molecule has 1 heterocycles. The topological polar surface area (TPSA) is 134 Å². The third-order valence-electron chi connectivity index (χ3n) is 4.78. The van der Waals surface area contributed by atoms with Crippen LogP contribution in [0.25, 0.3) is 0 Å². The number of amides is 1. The summed E-state index contributed by atoms with van der Waals surface area (Å²) in [6.07, 6.45) is 10.00. The van der Waals surface area contributed by atoms with E-state index in [-0.39, 0.29) is 11.8 Å². The number of allylic oxidation sites excluding steroid dienone is 2. The number of carbonyl (C=O) groups excluding carboxylic acids is 1. The molecule has 2 aliphatic carbocycles. The van der Waals surface area contributed by atoms with Crippen LogP contribution in [0.5, 0.6) is 0 Å². The molecule has 1 saturated carbocycles. The average Bonchev–Trinajstić information content (AvgIpc) is 3.19. The molecule has 0 unspecified atom stereocenters. The first-order valence-corrected chi connectivity index (χ1v) is 9.85. The maximum Gasteiger partial charge on any atom is 0.207 e. The first kappa shape index (κ1) is 21.1. The molecule has 1 amide bonds. The van der Waals surface area contributed by atoms with Gasteiger partial charge in [0, 0.05) is 13.1 Å². The second-order valence-corrected chi connectivity index (χ2v) is 7.17. The van der Waals surface area contributed by atoms with Crippen molar-refractivity contribution in [2.75, 3.05) is 17.1 Å². The lowest BCUT2D eigenvalue weighted by Crippen LogP contribution is -2.44. The molecule has 10 heteroatoms. The predicted octanol–water partition coefficient (Wildman–Crippen LogP) is 2.10. The molecule has 0 saturated heterocycles. The Morgan fingerprint density at radius 3 is 2.52 bits per heavy atom. The maximum absolute atomic E-state index is 10.3. The zero-order valence-electron chi connectivity index (χ0n) is 15.9. The Hall–Kier alpha value is -2.17. The number of aliphatic hydroxyl groups is 1. The molecule has 9 nitrogen and oxygen atoms in total. The number of nitrogens with one attached hydrogen (secondary N) is 1. The summed E-state index contributed by atoms with van der Waals surface area (Å²) in [5.74, 6) is 13.8. The highest BCUT2D eigenvalue weighted by Gasteiger charge is 2.28. The Morgan fingerprint density at radius 2 is 1.89 bits per heavy atom. The predicted molar refractivity (Wildman–Crippen MR) is 108 cm³/mol. The highest BCUT2D eigenvalue weighted by atomic mass is 32.1. The van der Waals surface area contributed by atoms with Gasteiger partial charge >= 0.3 is 0 Å². The van der Waals surface area contributed by atoms with Crippen molar-refractivity contribution in [2.45, 2.75) is 57.9 Å². The third-order valence-corrected chi connectivity index (χ3v) is 5.29. The first-order valence-electron chi connectivity index (χ1n) is 9.12. The summed E-state index contributed by atoms with van der Waals surface area (Å²) in [5, 5.41) is 15.6. The lowest BCUT2D eigenvalue weighted by molar-refractivity contribution is -0.109. The van der Waals surface area contributed by atoms with E-state index in [0.717, 1.165) is 43.0 Å². The number of aromatic nitrogens is 2. The summed E-state index contributed by atoms with van der Waals surface area (Å²) in [6, 6.07) is 0.269. The van der Waals surface area contributed by atoms with Gasteiger partial charge in [-0.05, 0) is 38.2 Å². The minimum Gasteiger partial charge on any atom is -0.506 e. The van der Waals surface area contributed by atoms with Gasteiger partial charge in [0.15, 0.2) is 0 Å². The smallest absolute Gasteiger partial charge is 0.207 e. The van der Waals surface area contributed by atoms with E-state index in [4.69, 9.17) is 16.5 Å². The van der Waals surface area contributed by atoms with Gasteiger partial charge in [0.1, 0.15) is 5.76 Å². The molecule has 1 aromatic heterocycles. The summed E-state index contributed by atoms with van der Waals surface area (Å²) in [4.78, 5) is 9.06. The molecule has 0 aliphatic heterocycles. The van der Waals surface area contributed by atoms with Gasteiger partial charge in [-0.3, -0.25) is 14.8 Å². The van der Waals surface area contributed by atoms with E-state index in [1.54, 1.807) is 12.1 Å². The third kappa shape index (κ3) is 5.18. The summed E-state index contributed by atoms with van der Waals surface area (Å²) in [5.41, 5.74) is 1.50. The quantitative estimate of drug-likeness (QED) is 0.338. The Morgan fingerprint density at radius 1 is 1.26 bits per heavy atom. The largest absolute Gasteiger partial charge is 0.506 e. The number of anilines is 2. The van der Waals surface area contributed by atoms with Crippen LogP contribution in [0, 0.1) is 0 Å². The normalized spacial score (nSPS) is 17.6. The second kappa shape index (κ2) is 10.2. The molecule has 6 N–H and O–H groups in total. The number of hydrogen-bond acceptors (Lipinski definition) is 9. The molecule has 2 aliphatic rings. The van der Waals surface area contributed by atoms with E-state index in [1.165, 1.54) is 24.3 Å². The SMILES string of the molecule is CC1=C(O)C(N(N)c2nsnc2N(N)C2CCCCC2)=CCC1.CNC=O. The van der Waals surface area contributed by atoms with E-state index >= 15 is 0 Å². The molecule has 3 rings (SSSR count). The fourth-order valence-electron chi connectivity index (χ4n) is 3.21. The van der Waals surface area contributed by atoms with E-state index < -0.39 is 0 Å². The van der Waals surface area contributed by atoms with Crippen molar-refractivity contribution >= 4 is 29.8 Å². The van der Waals surface area contributed by atoms with Gasteiger partial charge in [-0.1, -0.05) is 25.3 Å². The lowest BCUT2D eigenvalue weighted by Gasteiger charge is -2.32. The fraction of sp³-hybridized carbons (Fsp3) is 0.588. The van der Waals surface area contributed by atoms with Crippen molar-refractivity contribution in [3.63, 3.8) is 0 Å². The zero-order valence-corrected chi connectivity index (χ0v) is 16.7. The van der Waals surface area contributed by atoms with Crippen molar-refractivity contribution in [2.24, 2.45) is 11.7 Å². The van der Waals surface area contributed by atoms with Crippen LogP contribution in [0.15, 0.2) is 23.1 Å². The first-order chi connectivity index (χ1) is 13.0. The second-order valence-electron chi connectivity index (χ2n) is 6.64. The summed E-state index contributed by atoms with van der Waals surface area (Å²) < 4.78 is 8.64. The van der Waals surface area contributed by atoms with Gasteiger partial charge in [-0.2, -0.15) is 8.75 Å². The van der Waals surface area contributed by atoms with Crippen LogP contribution in [0.4, 0.5) is 11.6 Å². The van der Waals surface area contributed by atoms with Gasteiger partial charge in [-0.15, -0.1) is 0 Å². The van der Waals surface area contributed by atoms with Crippen molar-refractivity contribution < 1.29 is 9.90 Å². The van der Waals surface area contributed by atoms with Crippen LogP contribution in [-0.4, -0.2) is 33.4 Å². The number of nitrogens with two attached hydrogens (primary N) is 2. The Bertz CT molecular complexity index is 683. The van der Waals surface area contributed by atoms with Gasteiger partial charge in [0.05, 0.1) is 17.4 Å². The molecule has 0 radical (unpaired) electrons. The highest BCUT2D eigenvalue weighted by Crippen LogP contribution is 2.33. The number of nitrogens with zero attached hydrogens (tertiary/aromatic N) is 4. The van der Waals surface area contributed by atoms with Gasteiger partial charge < -0.3 is 10.4 Å². The van der Waals surface area contributed by atoms with Crippen molar-refractivity contribution in [3.05, 3.63) is 23.1 Å². The van der Waals surface area contributed by atoms with Gasteiger partial charge in [-0.25, -0.2) is 11.7 Å². The number of aliphatic hydroxyl groups excluding tert-OH is 1. The fourth-order valence-corrected chi connectivity index (χ4v) is 3.75. The molecule has 0 spiro atoms. The number of carbonyl (C=O) groups is 1. The van der Waals surface area contributed by atoms with Gasteiger partial charge in [0.25, 0.3) is 0 Å². The highest BCUT2D eigenvalue weighted by molar-refractivity contribution is 6.99. The molecule has 0 bridgehead atoms. The van der Waals surface area contributed by atoms with E-state index in [1.807, 2.05) is 13.0 Å². The van der Waals surface area contributed by atoms with Crippen molar-refractivity contribution in [1.29, 1.82) is 0 Å². The molecular formula is C17H29N7O2S. The van der Waals surface area contributed by atoms with Crippen LogP contribution in [-0.2, 0) is 4.79 Å². The molecule has 1 aromatic rings. The maximum atomic E-state index is 10.3. The molecule has 0 aromatic carbocycles. The molecule has 1 fully saturated rings. The molecule has 27 heavy (non-hydrogen) atoms. The van der Waals surface area contributed by atoms with Crippen LogP contribution in [0.3, 0.4) is 0 Å². The molecular weight excluding hydrogens is 366 g/mol. The minimum atomic E-state index is 0.221. The van der Waals surface area contributed by atoms with E-state index in [9.17, 15) is 5.11 Å². The molecule has 150 valence electrons. The zero-order chi connectivity index (χ0) is 19.8. The van der Waals surface area contributed by atoms with Crippen LogP contribution in [0.1, 0.15) is 51.9 Å².